The van der Waals surface area contributed by atoms with Gasteiger partial charge < -0.3 is 15.4 Å². The Kier molecular flexibility index (Phi) is 5.82. The molecule has 0 aliphatic heterocycles. The highest BCUT2D eigenvalue weighted by Gasteiger charge is 2.15. The van der Waals surface area contributed by atoms with Crippen molar-refractivity contribution in [3.8, 4) is 0 Å². The largest absolute Gasteiger partial charge is 0.444 e. The molecule has 1 aromatic rings. The number of benzene rings is 1. The van der Waals surface area contributed by atoms with Crippen molar-refractivity contribution in [2.24, 2.45) is 0 Å². The Labute approximate surface area is 123 Å². The van der Waals surface area contributed by atoms with Gasteiger partial charge in [-0.1, -0.05) is 23.7 Å². The predicted octanol–water partition coefficient (Wildman–Crippen LogP) is 3.19. The van der Waals surface area contributed by atoms with Crippen molar-refractivity contribution >= 4 is 29.3 Å². The van der Waals surface area contributed by atoms with E-state index in [9.17, 15) is 9.59 Å². The molecule has 0 heterocycles. The second kappa shape index (κ2) is 7.14. The number of nitrogens with one attached hydrogen (secondary N) is 2. The van der Waals surface area contributed by atoms with Crippen LogP contribution in [-0.2, 0) is 9.53 Å². The molecule has 0 radical (unpaired) electrons. The molecule has 5 nitrogen and oxygen atoms in total. The molecule has 0 saturated carbocycles. The van der Waals surface area contributed by atoms with Crippen molar-refractivity contribution in [2.45, 2.75) is 32.8 Å². The summed E-state index contributed by atoms with van der Waals surface area (Å²) in [7, 11) is 0. The molecule has 0 atom stereocenters. The lowest BCUT2D eigenvalue weighted by Crippen LogP contribution is -2.34. The van der Waals surface area contributed by atoms with E-state index in [4.69, 9.17) is 16.3 Å². The van der Waals surface area contributed by atoms with Crippen molar-refractivity contribution in [3.05, 3.63) is 29.3 Å². The topological polar surface area (TPSA) is 67.4 Å². The summed E-state index contributed by atoms with van der Waals surface area (Å²) < 4.78 is 5.05. The van der Waals surface area contributed by atoms with Crippen molar-refractivity contribution in [2.75, 3.05) is 11.9 Å². The van der Waals surface area contributed by atoms with Gasteiger partial charge in [-0.3, -0.25) is 4.79 Å². The van der Waals surface area contributed by atoms with E-state index in [1.165, 1.54) is 0 Å². The normalized spacial score (nSPS) is 10.8. The Bertz CT molecular complexity index is 484. The average molecular weight is 299 g/mol. The van der Waals surface area contributed by atoms with Gasteiger partial charge in [-0.15, -0.1) is 0 Å². The molecule has 0 aromatic heterocycles. The summed E-state index contributed by atoms with van der Waals surface area (Å²) in [6.07, 6.45) is -0.396. The minimum Gasteiger partial charge on any atom is -0.444 e. The molecule has 1 rings (SSSR count). The Balaban J connectivity index is 2.31. The third-order valence-electron chi connectivity index (χ3n) is 2.17. The van der Waals surface area contributed by atoms with Crippen LogP contribution in [0.25, 0.3) is 0 Å². The standard InChI is InChI=1S/C14H19ClN2O3/c1-14(2,3)20-13(19)16-9-8-12(18)17-11-7-5-4-6-10(11)15/h4-7H,8-9H2,1-3H3,(H,16,19)(H,17,18). The van der Waals surface area contributed by atoms with Gasteiger partial charge >= 0.3 is 6.09 Å². The second-order valence-electron chi connectivity index (χ2n) is 5.21. The van der Waals surface area contributed by atoms with Crippen molar-refractivity contribution in [1.82, 2.24) is 5.32 Å². The van der Waals surface area contributed by atoms with Crippen molar-refractivity contribution < 1.29 is 14.3 Å². The SMILES string of the molecule is CC(C)(C)OC(=O)NCCC(=O)Nc1ccccc1Cl. The lowest BCUT2D eigenvalue weighted by Gasteiger charge is -2.19. The van der Waals surface area contributed by atoms with E-state index in [-0.39, 0.29) is 18.9 Å². The number of halogens is 1. The van der Waals surface area contributed by atoms with Gasteiger partial charge in [0.2, 0.25) is 5.91 Å². The number of ether oxygens (including phenoxy) is 1. The van der Waals surface area contributed by atoms with Gasteiger partial charge in [-0.05, 0) is 32.9 Å². The molecular weight excluding hydrogens is 280 g/mol. The van der Waals surface area contributed by atoms with E-state index in [0.717, 1.165) is 0 Å². The zero-order chi connectivity index (χ0) is 15.2. The maximum atomic E-state index is 11.7. The summed E-state index contributed by atoms with van der Waals surface area (Å²) >= 11 is 5.92. The van der Waals surface area contributed by atoms with Gasteiger partial charge in [-0.25, -0.2) is 4.79 Å². The Hall–Kier alpha value is -1.75. The summed E-state index contributed by atoms with van der Waals surface area (Å²) in [4.78, 5) is 23.0. The number of carbonyl (C=O) groups is 2. The smallest absolute Gasteiger partial charge is 0.407 e. The molecule has 0 aliphatic rings. The summed E-state index contributed by atoms with van der Waals surface area (Å²) in [6.45, 7) is 5.52. The van der Waals surface area contributed by atoms with E-state index in [2.05, 4.69) is 10.6 Å². The zero-order valence-electron chi connectivity index (χ0n) is 11.8. The number of carbonyl (C=O) groups excluding carboxylic acids is 2. The molecule has 0 fully saturated rings. The fourth-order valence-corrected chi connectivity index (χ4v) is 1.55. The van der Waals surface area contributed by atoms with Crippen LogP contribution in [0, 0.1) is 0 Å². The third-order valence-corrected chi connectivity index (χ3v) is 2.50. The number of alkyl carbamates (subject to hydrolysis) is 1. The Morgan fingerprint density at radius 3 is 2.50 bits per heavy atom. The molecular formula is C14H19ClN2O3. The Morgan fingerprint density at radius 2 is 1.90 bits per heavy atom. The number of anilines is 1. The second-order valence-corrected chi connectivity index (χ2v) is 5.61. The van der Waals surface area contributed by atoms with Crippen LogP contribution >= 0.6 is 11.6 Å². The van der Waals surface area contributed by atoms with Gasteiger partial charge in [0.15, 0.2) is 0 Å². The molecule has 1 aromatic carbocycles. The first kappa shape index (κ1) is 16.3. The summed E-state index contributed by atoms with van der Waals surface area (Å²) in [5, 5.41) is 5.66. The van der Waals surface area contributed by atoms with Gasteiger partial charge in [0.05, 0.1) is 10.7 Å². The van der Waals surface area contributed by atoms with Crippen molar-refractivity contribution in [1.29, 1.82) is 0 Å². The van der Waals surface area contributed by atoms with Crippen LogP contribution < -0.4 is 10.6 Å². The molecule has 0 spiro atoms. The summed E-state index contributed by atoms with van der Waals surface area (Å²) in [6, 6.07) is 6.96. The first-order valence-corrected chi connectivity index (χ1v) is 6.67. The van der Waals surface area contributed by atoms with Crippen LogP contribution in [0.3, 0.4) is 0 Å². The monoisotopic (exact) mass is 298 g/mol. The van der Waals surface area contributed by atoms with Crippen LogP contribution in [0.15, 0.2) is 24.3 Å². The fourth-order valence-electron chi connectivity index (χ4n) is 1.37. The maximum Gasteiger partial charge on any atom is 0.407 e. The fraction of sp³-hybridized carbons (Fsp3) is 0.429. The predicted molar refractivity (Wildman–Crippen MR) is 78.9 cm³/mol. The number of hydrogen-bond donors (Lipinski definition) is 2. The van der Waals surface area contributed by atoms with Gasteiger partial charge in [-0.2, -0.15) is 0 Å². The molecule has 0 saturated heterocycles. The van der Waals surface area contributed by atoms with E-state index >= 15 is 0 Å². The molecule has 2 N–H and O–H groups in total. The van der Waals surface area contributed by atoms with E-state index in [0.29, 0.717) is 10.7 Å². The van der Waals surface area contributed by atoms with Crippen LogP contribution in [0.4, 0.5) is 10.5 Å². The first-order chi connectivity index (χ1) is 9.28. The molecule has 6 heteroatoms. The van der Waals surface area contributed by atoms with Gasteiger partial charge in [0.25, 0.3) is 0 Å². The number of amides is 2. The molecule has 0 bridgehead atoms. The molecule has 0 aliphatic carbocycles. The molecule has 20 heavy (non-hydrogen) atoms. The number of hydrogen-bond acceptors (Lipinski definition) is 3. The van der Waals surface area contributed by atoms with Crippen LogP contribution in [0.2, 0.25) is 5.02 Å². The minimum absolute atomic E-state index is 0.143. The van der Waals surface area contributed by atoms with E-state index in [1.807, 2.05) is 0 Å². The lowest BCUT2D eigenvalue weighted by atomic mass is 10.2. The number of para-hydroxylation sites is 1. The average Bonchev–Trinajstić information content (AvgIpc) is 2.29. The van der Waals surface area contributed by atoms with Gasteiger partial charge in [0.1, 0.15) is 5.60 Å². The quantitative estimate of drug-likeness (QED) is 0.897. The van der Waals surface area contributed by atoms with Gasteiger partial charge in [0, 0.05) is 13.0 Å². The van der Waals surface area contributed by atoms with Crippen LogP contribution in [0.1, 0.15) is 27.2 Å². The van der Waals surface area contributed by atoms with E-state index in [1.54, 1.807) is 45.0 Å². The summed E-state index contributed by atoms with van der Waals surface area (Å²) in [5.74, 6) is -0.228. The minimum atomic E-state index is -0.552. The highest BCUT2D eigenvalue weighted by molar-refractivity contribution is 6.33. The highest BCUT2D eigenvalue weighted by atomic mass is 35.5. The molecule has 2 amide bonds. The zero-order valence-corrected chi connectivity index (χ0v) is 12.6. The summed E-state index contributed by atoms with van der Waals surface area (Å²) in [5.41, 5.74) is 0.000574. The van der Waals surface area contributed by atoms with Crippen LogP contribution in [-0.4, -0.2) is 24.1 Å². The van der Waals surface area contributed by atoms with E-state index < -0.39 is 11.7 Å². The van der Waals surface area contributed by atoms with Crippen LogP contribution in [0.5, 0.6) is 0 Å². The first-order valence-electron chi connectivity index (χ1n) is 6.29. The lowest BCUT2D eigenvalue weighted by molar-refractivity contribution is -0.116. The highest BCUT2D eigenvalue weighted by Crippen LogP contribution is 2.20. The number of rotatable bonds is 4. The maximum absolute atomic E-state index is 11.7. The van der Waals surface area contributed by atoms with Crippen molar-refractivity contribution in [3.63, 3.8) is 0 Å². The molecule has 0 unspecified atom stereocenters. The Morgan fingerprint density at radius 1 is 1.25 bits per heavy atom. The third kappa shape index (κ3) is 6.43. The molecule has 110 valence electrons.